The van der Waals surface area contributed by atoms with Gasteiger partial charge < -0.3 is 10.1 Å². The molecule has 1 amide bonds. The molecule has 68 valence electrons. The monoisotopic (exact) mass is 180 g/mol. The summed E-state index contributed by atoms with van der Waals surface area (Å²) in [5.41, 5.74) is 0.505. The minimum absolute atomic E-state index is 0.505. The Bertz CT molecular complexity index is 310. The number of rotatable bonds is 1. The highest BCUT2D eigenvalue weighted by Gasteiger charge is 2.12. The normalized spacial score (nSPS) is 9.00. The molecule has 1 N–H and O–H groups in total. The van der Waals surface area contributed by atoms with Gasteiger partial charge in [-0.15, -0.1) is 0 Å². The van der Waals surface area contributed by atoms with Crippen LogP contribution in [0.2, 0.25) is 0 Å². The van der Waals surface area contributed by atoms with E-state index < -0.39 is 11.9 Å². The maximum absolute atomic E-state index is 10.9. The molecule has 0 saturated carbocycles. The number of hydrogen-bond acceptors (Lipinski definition) is 4. The molecular formula is C8H8N2O3. The quantitative estimate of drug-likeness (QED) is 0.495. The lowest BCUT2D eigenvalue weighted by atomic mass is 10.4. The van der Waals surface area contributed by atoms with Gasteiger partial charge in [-0.3, -0.25) is 9.78 Å². The van der Waals surface area contributed by atoms with Crippen LogP contribution in [0.4, 0.5) is 5.69 Å². The Balaban J connectivity index is 2.60. The van der Waals surface area contributed by atoms with Crippen LogP contribution in [0.5, 0.6) is 0 Å². The van der Waals surface area contributed by atoms with Crippen molar-refractivity contribution in [2.24, 2.45) is 0 Å². The molecule has 0 fully saturated rings. The molecule has 0 unspecified atom stereocenters. The van der Waals surface area contributed by atoms with Gasteiger partial charge in [0.05, 0.1) is 7.11 Å². The van der Waals surface area contributed by atoms with Crippen molar-refractivity contribution in [3.8, 4) is 0 Å². The van der Waals surface area contributed by atoms with Crippen LogP contribution in [-0.4, -0.2) is 24.0 Å². The van der Waals surface area contributed by atoms with Crippen molar-refractivity contribution in [1.82, 2.24) is 4.98 Å². The molecule has 0 aliphatic carbocycles. The standard InChI is InChI=1S/C8H8N2O3/c1-13-8(12)7(11)10-6-2-4-9-5-3-6/h2-5H,1H3,(H,9,10,11). The second kappa shape index (κ2) is 4.20. The number of pyridine rings is 1. The van der Waals surface area contributed by atoms with Gasteiger partial charge in [-0.1, -0.05) is 0 Å². The van der Waals surface area contributed by atoms with Crippen molar-refractivity contribution in [2.75, 3.05) is 12.4 Å². The topological polar surface area (TPSA) is 68.3 Å². The molecular weight excluding hydrogens is 172 g/mol. The van der Waals surface area contributed by atoms with Gasteiger partial charge in [0.15, 0.2) is 0 Å². The average molecular weight is 180 g/mol. The molecule has 0 aliphatic heterocycles. The molecule has 0 radical (unpaired) electrons. The Labute approximate surface area is 74.7 Å². The van der Waals surface area contributed by atoms with Gasteiger partial charge in [0, 0.05) is 18.1 Å². The summed E-state index contributed by atoms with van der Waals surface area (Å²) in [6.07, 6.45) is 3.01. The Kier molecular flexibility index (Phi) is 2.97. The minimum atomic E-state index is -0.920. The fourth-order valence-electron chi connectivity index (χ4n) is 0.710. The van der Waals surface area contributed by atoms with Crippen LogP contribution >= 0.6 is 0 Å². The summed E-state index contributed by atoms with van der Waals surface area (Å²) in [4.78, 5) is 25.4. The minimum Gasteiger partial charge on any atom is -0.462 e. The van der Waals surface area contributed by atoms with Crippen molar-refractivity contribution >= 4 is 17.6 Å². The molecule has 0 aromatic carbocycles. The van der Waals surface area contributed by atoms with Gasteiger partial charge >= 0.3 is 11.9 Å². The number of carbonyl (C=O) groups is 2. The third kappa shape index (κ3) is 2.55. The summed E-state index contributed by atoms with van der Waals surface area (Å²) in [5.74, 6) is -1.72. The smallest absolute Gasteiger partial charge is 0.396 e. The van der Waals surface area contributed by atoms with E-state index in [2.05, 4.69) is 15.0 Å². The fourth-order valence-corrected chi connectivity index (χ4v) is 0.710. The summed E-state index contributed by atoms with van der Waals surface area (Å²) in [7, 11) is 1.15. The van der Waals surface area contributed by atoms with Crippen molar-refractivity contribution in [1.29, 1.82) is 0 Å². The summed E-state index contributed by atoms with van der Waals surface area (Å²) in [6, 6.07) is 3.14. The maximum atomic E-state index is 10.9. The van der Waals surface area contributed by atoms with E-state index in [1.54, 1.807) is 12.1 Å². The van der Waals surface area contributed by atoms with Crippen LogP contribution in [0, 0.1) is 0 Å². The zero-order valence-electron chi connectivity index (χ0n) is 6.98. The van der Waals surface area contributed by atoms with Gasteiger partial charge in [0.2, 0.25) is 0 Å². The highest BCUT2D eigenvalue weighted by atomic mass is 16.5. The molecule has 5 nitrogen and oxygen atoms in total. The lowest BCUT2D eigenvalue weighted by molar-refractivity contribution is -0.150. The number of hydrogen-bond donors (Lipinski definition) is 1. The zero-order valence-corrected chi connectivity index (χ0v) is 6.98. The first-order chi connectivity index (χ1) is 6.24. The number of anilines is 1. The number of ether oxygens (including phenoxy) is 1. The molecule has 1 rings (SSSR count). The Hall–Kier alpha value is -1.91. The van der Waals surface area contributed by atoms with Gasteiger partial charge in [-0.2, -0.15) is 0 Å². The molecule has 1 aromatic heterocycles. The van der Waals surface area contributed by atoms with Crippen LogP contribution in [0.1, 0.15) is 0 Å². The lowest BCUT2D eigenvalue weighted by Gasteiger charge is -2.01. The molecule has 0 aliphatic rings. The van der Waals surface area contributed by atoms with Crippen LogP contribution in [-0.2, 0) is 14.3 Å². The zero-order chi connectivity index (χ0) is 9.68. The van der Waals surface area contributed by atoms with Gasteiger partial charge in [0.25, 0.3) is 0 Å². The van der Waals surface area contributed by atoms with Gasteiger partial charge in [0.1, 0.15) is 0 Å². The Morgan fingerprint density at radius 3 is 2.54 bits per heavy atom. The first kappa shape index (κ1) is 9.18. The molecule has 13 heavy (non-hydrogen) atoms. The highest BCUT2D eigenvalue weighted by molar-refractivity contribution is 6.37. The van der Waals surface area contributed by atoms with E-state index >= 15 is 0 Å². The van der Waals surface area contributed by atoms with Crippen LogP contribution < -0.4 is 5.32 Å². The van der Waals surface area contributed by atoms with E-state index in [1.165, 1.54) is 12.4 Å². The largest absolute Gasteiger partial charge is 0.462 e. The Morgan fingerprint density at radius 2 is 2.00 bits per heavy atom. The number of amides is 1. The number of nitrogens with one attached hydrogen (secondary N) is 1. The van der Waals surface area contributed by atoms with E-state index in [0.717, 1.165) is 7.11 Å². The molecule has 0 atom stereocenters. The highest BCUT2D eigenvalue weighted by Crippen LogP contribution is 2.02. The lowest BCUT2D eigenvalue weighted by Crippen LogP contribution is -2.23. The maximum Gasteiger partial charge on any atom is 0.396 e. The predicted molar refractivity (Wildman–Crippen MR) is 44.9 cm³/mol. The van der Waals surface area contributed by atoms with E-state index in [4.69, 9.17) is 0 Å². The molecule has 0 spiro atoms. The Morgan fingerprint density at radius 1 is 1.38 bits per heavy atom. The number of methoxy groups -OCH3 is 1. The van der Waals surface area contributed by atoms with Crippen molar-refractivity contribution < 1.29 is 14.3 Å². The first-order valence-electron chi connectivity index (χ1n) is 3.53. The van der Waals surface area contributed by atoms with E-state index in [-0.39, 0.29) is 0 Å². The van der Waals surface area contributed by atoms with Crippen molar-refractivity contribution in [3.05, 3.63) is 24.5 Å². The third-order valence-electron chi connectivity index (χ3n) is 1.31. The van der Waals surface area contributed by atoms with E-state index in [1.807, 2.05) is 0 Å². The summed E-state index contributed by atoms with van der Waals surface area (Å²) < 4.78 is 4.22. The SMILES string of the molecule is COC(=O)C(=O)Nc1ccncc1. The number of esters is 1. The number of aromatic nitrogens is 1. The molecule has 0 saturated heterocycles. The second-order valence-electron chi connectivity index (χ2n) is 2.18. The fraction of sp³-hybridized carbons (Fsp3) is 0.125. The number of nitrogens with zero attached hydrogens (tertiary/aromatic N) is 1. The van der Waals surface area contributed by atoms with E-state index in [0.29, 0.717) is 5.69 Å². The molecule has 1 heterocycles. The van der Waals surface area contributed by atoms with Crippen LogP contribution in [0.25, 0.3) is 0 Å². The predicted octanol–water partition coefficient (Wildman–Crippen LogP) is 0.193. The second-order valence-corrected chi connectivity index (χ2v) is 2.18. The number of carbonyl (C=O) groups excluding carboxylic acids is 2. The van der Waals surface area contributed by atoms with Crippen molar-refractivity contribution in [3.63, 3.8) is 0 Å². The van der Waals surface area contributed by atoms with Crippen LogP contribution in [0.15, 0.2) is 24.5 Å². The van der Waals surface area contributed by atoms with Gasteiger partial charge in [-0.05, 0) is 12.1 Å². The first-order valence-corrected chi connectivity index (χ1v) is 3.53. The van der Waals surface area contributed by atoms with Crippen LogP contribution in [0.3, 0.4) is 0 Å². The van der Waals surface area contributed by atoms with Gasteiger partial charge in [-0.25, -0.2) is 4.79 Å². The summed E-state index contributed by atoms with van der Waals surface area (Å²) in [6.45, 7) is 0. The van der Waals surface area contributed by atoms with Crippen molar-refractivity contribution in [2.45, 2.75) is 0 Å². The third-order valence-corrected chi connectivity index (χ3v) is 1.31. The van der Waals surface area contributed by atoms with E-state index in [9.17, 15) is 9.59 Å². The molecule has 5 heteroatoms. The summed E-state index contributed by atoms with van der Waals surface area (Å²) >= 11 is 0. The average Bonchev–Trinajstić information content (AvgIpc) is 2.18. The molecule has 0 bridgehead atoms. The summed E-state index contributed by atoms with van der Waals surface area (Å²) in [5, 5.41) is 2.34. The molecule has 1 aromatic rings.